The predicted octanol–water partition coefficient (Wildman–Crippen LogP) is 3.90. The van der Waals surface area contributed by atoms with Crippen LogP contribution in [0.25, 0.3) is 0 Å². The summed E-state index contributed by atoms with van der Waals surface area (Å²) in [5.74, 6) is 1.18. The van der Waals surface area contributed by atoms with Gasteiger partial charge in [-0.05, 0) is 29.2 Å². The van der Waals surface area contributed by atoms with Crippen LogP contribution in [-0.4, -0.2) is 18.0 Å². The molecule has 0 N–H and O–H groups in total. The van der Waals surface area contributed by atoms with Gasteiger partial charge in [0.1, 0.15) is 18.5 Å². The van der Waals surface area contributed by atoms with Crippen molar-refractivity contribution in [1.82, 2.24) is 0 Å². The first-order valence-corrected chi connectivity index (χ1v) is 7.66. The van der Waals surface area contributed by atoms with Crippen molar-refractivity contribution < 1.29 is 14.3 Å². The Bertz CT molecular complexity index is 733. The van der Waals surface area contributed by atoms with Crippen LogP contribution < -0.4 is 4.74 Å². The van der Waals surface area contributed by atoms with Gasteiger partial charge in [0.15, 0.2) is 5.60 Å². The first kappa shape index (κ1) is 13.5. The minimum absolute atomic E-state index is 0.0345. The van der Waals surface area contributed by atoms with Crippen molar-refractivity contribution in [2.45, 2.75) is 31.5 Å². The number of rotatable bonds is 2. The van der Waals surface area contributed by atoms with Gasteiger partial charge in [-0.1, -0.05) is 50.2 Å². The summed E-state index contributed by atoms with van der Waals surface area (Å²) >= 11 is 0. The topological polar surface area (TPSA) is 38.8 Å². The van der Waals surface area contributed by atoms with Gasteiger partial charge in [0.2, 0.25) is 5.78 Å². The molecule has 22 heavy (non-hydrogen) atoms. The van der Waals surface area contributed by atoms with Gasteiger partial charge in [-0.25, -0.2) is 0 Å². The van der Waals surface area contributed by atoms with Gasteiger partial charge in [-0.2, -0.15) is 0 Å². The van der Waals surface area contributed by atoms with Gasteiger partial charge in [-0.15, -0.1) is 0 Å². The van der Waals surface area contributed by atoms with Gasteiger partial charge >= 0.3 is 0 Å². The molecule has 112 valence electrons. The zero-order chi connectivity index (χ0) is 15.3. The van der Waals surface area contributed by atoms with E-state index < -0.39 is 5.60 Å². The molecular formula is C19H18O3. The van der Waals surface area contributed by atoms with Crippen LogP contribution in [-0.2, 0) is 4.74 Å². The Kier molecular flexibility index (Phi) is 2.88. The smallest absolute Gasteiger partial charge is 0.205 e. The molecule has 0 aliphatic carbocycles. The number of Topliss-reactive ketones (excluding diaryl/α,β-unsaturated/α-hetero) is 1. The fourth-order valence-electron chi connectivity index (χ4n) is 3.11. The van der Waals surface area contributed by atoms with E-state index in [4.69, 9.17) is 9.47 Å². The summed E-state index contributed by atoms with van der Waals surface area (Å²) in [6.45, 7) is 4.62. The Balaban J connectivity index is 1.62. The molecule has 2 atom stereocenters. The maximum Gasteiger partial charge on any atom is 0.205 e. The minimum Gasteiger partial charge on any atom is -0.489 e. The van der Waals surface area contributed by atoms with Gasteiger partial charge < -0.3 is 9.47 Å². The third-order valence-electron chi connectivity index (χ3n) is 4.56. The summed E-state index contributed by atoms with van der Waals surface area (Å²) in [6, 6.07) is 15.7. The van der Waals surface area contributed by atoms with Crippen LogP contribution in [0, 0.1) is 0 Å². The van der Waals surface area contributed by atoms with E-state index in [2.05, 4.69) is 38.1 Å². The number of carbonyl (C=O) groups excluding carboxylic acids is 1. The molecule has 3 heteroatoms. The fourth-order valence-corrected chi connectivity index (χ4v) is 3.11. The van der Waals surface area contributed by atoms with Crippen LogP contribution in [0.3, 0.4) is 0 Å². The van der Waals surface area contributed by atoms with Crippen LogP contribution in [0.15, 0.2) is 48.5 Å². The number of epoxide rings is 1. The second-order valence-corrected chi connectivity index (χ2v) is 6.32. The van der Waals surface area contributed by atoms with Crippen molar-refractivity contribution >= 4 is 5.78 Å². The van der Waals surface area contributed by atoms with Gasteiger partial charge in [0.05, 0.1) is 5.56 Å². The molecule has 0 aromatic heterocycles. The number of ether oxygens (including phenoxy) is 2. The molecule has 4 rings (SSSR count). The summed E-state index contributed by atoms with van der Waals surface area (Å²) in [5.41, 5.74) is 2.12. The molecule has 0 radical (unpaired) electrons. The number of fused-ring (bicyclic) bond motifs is 1. The average Bonchev–Trinajstić information content (AvgIpc) is 3.27. The lowest BCUT2D eigenvalue weighted by Gasteiger charge is -2.21. The van der Waals surface area contributed by atoms with E-state index in [9.17, 15) is 4.79 Å². The number of para-hydroxylation sites is 1. The van der Waals surface area contributed by atoms with E-state index in [0.717, 1.165) is 5.56 Å². The van der Waals surface area contributed by atoms with Gasteiger partial charge in [0, 0.05) is 0 Å². The standard InChI is InChI=1S/C19H18O3/c1-12(2)13-7-9-14(10-8-13)18-19(22-18)11-21-16-6-4-3-5-15(16)17(19)20/h3-10,12,18H,11H2,1-2H3/t18-,19+/m1/s1. The van der Waals surface area contributed by atoms with Crippen LogP contribution in [0.5, 0.6) is 5.75 Å². The highest BCUT2D eigenvalue weighted by Crippen LogP contribution is 2.54. The first-order valence-electron chi connectivity index (χ1n) is 7.66. The zero-order valence-corrected chi connectivity index (χ0v) is 12.7. The summed E-state index contributed by atoms with van der Waals surface area (Å²) in [7, 11) is 0. The highest BCUT2D eigenvalue weighted by molar-refractivity contribution is 6.07. The Morgan fingerprint density at radius 3 is 2.55 bits per heavy atom. The second-order valence-electron chi connectivity index (χ2n) is 6.32. The molecule has 2 aliphatic rings. The van der Waals surface area contributed by atoms with Crippen molar-refractivity contribution in [3.8, 4) is 5.75 Å². The van der Waals surface area contributed by atoms with E-state index in [1.807, 2.05) is 18.2 Å². The van der Waals surface area contributed by atoms with Crippen LogP contribution in [0.1, 0.15) is 47.4 Å². The number of ketones is 1. The zero-order valence-electron chi connectivity index (χ0n) is 12.7. The third-order valence-corrected chi connectivity index (χ3v) is 4.56. The Hall–Kier alpha value is -2.13. The molecule has 1 fully saturated rings. The molecule has 2 heterocycles. The molecule has 2 aliphatic heterocycles. The van der Waals surface area contributed by atoms with Crippen LogP contribution in [0.2, 0.25) is 0 Å². The largest absolute Gasteiger partial charge is 0.489 e. The molecule has 0 bridgehead atoms. The third kappa shape index (κ3) is 1.89. The van der Waals surface area contributed by atoms with E-state index in [1.54, 1.807) is 6.07 Å². The highest BCUT2D eigenvalue weighted by atomic mass is 16.6. The summed E-state index contributed by atoms with van der Waals surface area (Å²) in [5, 5.41) is 0. The molecule has 2 aromatic rings. The Morgan fingerprint density at radius 1 is 1.09 bits per heavy atom. The van der Waals surface area contributed by atoms with Crippen LogP contribution in [0.4, 0.5) is 0 Å². The molecule has 3 nitrogen and oxygen atoms in total. The molecule has 2 aromatic carbocycles. The summed E-state index contributed by atoms with van der Waals surface area (Å²) in [4.78, 5) is 12.8. The monoisotopic (exact) mass is 294 g/mol. The van der Waals surface area contributed by atoms with Crippen molar-refractivity contribution in [2.24, 2.45) is 0 Å². The molecule has 0 amide bonds. The molecule has 0 unspecified atom stereocenters. The van der Waals surface area contributed by atoms with Crippen molar-refractivity contribution in [2.75, 3.05) is 6.61 Å². The minimum atomic E-state index is -0.826. The number of benzene rings is 2. The second kappa shape index (κ2) is 4.68. The van der Waals surface area contributed by atoms with Crippen LogP contribution >= 0.6 is 0 Å². The maximum absolute atomic E-state index is 12.8. The average molecular weight is 294 g/mol. The van der Waals surface area contributed by atoms with E-state index in [1.165, 1.54) is 5.56 Å². The fraction of sp³-hybridized carbons (Fsp3) is 0.316. The molecule has 1 saturated heterocycles. The number of carbonyl (C=O) groups is 1. The summed E-state index contributed by atoms with van der Waals surface area (Å²) < 4.78 is 11.6. The van der Waals surface area contributed by atoms with E-state index in [0.29, 0.717) is 23.8 Å². The van der Waals surface area contributed by atoms with Crippen molar-refractivity contribution in [1.29, 1.82) is 0 Å². The van der Waals surface area contributed by atoms with Gasteiger partial charge in [-0.3, -0.25) is 4.79 Å². The van der Waals surface area contributed by atoms with Crippen molar-refractivity contribution in [3.05, 3.63) is 65.2 Å². The summed E-state index contributed by atoms with van der Waals surface area (Å²) in [6.07, 6.45) is -0.199. The number of hydrogen-bond acceptors (Lipinski definition) is 3. The maximum atomic E-state index is 12.8. The first-order chi connectivity index (χ1) is 10.6. The lowest BCUT2D eigenvalue weighted by atomic mass is 9.89. The van der Waals surface area contributed by atoms with Gasteiger partial charge in [0.25, 0.3) is 0 Å². The molecular weight excluding hydrogens is 276 g/mol. The highest BCUT2D eigenvalue weighted by Gasteiger charge is 2.65. The lowest BCUT2D eigenvalue weighted by molar-refractivity contribution is 0.0755. The van der Waals surface area contributed by atoms with Crippen molar-refractivity contribution in [3.63, 3.8) is 0 Å². The number of hydrogen-bond donors (Lipinski definition) is 0. The quantitative estimate of drug-likeness (QED) is 0.789. The van der Waals surface area contributed by atoms with E-state index >= 15 is 0 Å². The molecule has 1 spiro atoms. The normalized spacial score (nSPS) is 26.0. The Morgan fingerprint density at radius 2 is 1.82 bits per heavy atom. The predicted molar refractivity (Wildman–Crippen MR) is 83.4 cm³/mol. The molecule has 0 saturated carbocycles. The lowest BCUT2D eigenvalue weighted by Crippen LogP contribution is -2.37. The Labute approximate surface area is 129 Å². The SMILES string of the molecule is CC(C)c1ccc([C@H]2O[C@]23COc2ccccc2C3=O)cc1. The van der Waals surface area contributed by atoms with E-state index in [-0.39, 0.29) is 11.9 Å².